The molecule has 1 atom stereocenters. The molecule has 6 nitrogen and oxygen atoms in total. The van der Waals surface area contributed by atoms with Gasteiger partial charge >= 0.3 is 0 Å². The van der Waals surface area contributed by atoms with E-state index in [1.165, 1.54) is 0 Å². The summed E-state index contributed by atoms with van der Waals surface area (Å²) in [7, 11) is 1.59. The van der Waals surface area contributed by atoms with E-state index in [0.717, 1.165) is 24.4 Å². The number of carbonyl (C=O) groups is 1. The number of rotatable bonds is 10. The second-order valence-corrected chi connectivity index (χ2v) is 7.82. The van der Waals surface area contributed by atoms with Crippen molar-refractivity contribution in [3.63, 3.8) is 0 Å². The molecule has 1 unspecified atom stereocenters. The first-order valence-electron chi connectivity index (χ1n) is 9.90. The topological polar surface area (TPSA) is 65.4 Å². The summed E-state index contributed by atoms with van der Waals surface area (Å²) in [5, 5.41) is 7.47. The van der Waals surface area contributed by atoms with Crippen LogP contribution in [-0.4, -0.2) is 35.9 Å². The molecule has 28 heavy (non-hydrogen) atoms. The summed E-state index contributed by atoms with van der Waals surface area (Å²) in [5.74, 6) is 1.96. The van der Waals surface area contributed by atoms with Gasteiger partial charge in [-0.25, -0.2) is 0 Å². The molecule has 0 spiro atoms. The first kappa shape index (κ1) is 21.8. The number of benzene rings is 1. The third-order valence-electron chi connectivity index (χ3n) is 4.58. The van der Waals surface area contributed by atoms with Gasteiger partial charge in [-0.15, -0.1) is 0 Å². The molecule has 1 aromatic heterocycles. The van der Waals surface area contributed by atoms with Gasteiger partial charge in [0.05, 0.1) is 19.4 Å². The molecule has 0 aliphatic heterocycles. The fourth-order valence-corrected chi connectivity index (χ4v) is 2.92. The lowest BCUT2D eigenvalue weighted by molar-refractivity contribution is 0.0946. The molecule has 2 aromatic rings. The van der Waals surface area contributed by atoms with Crippen molar-refractivity contribution >= 4 is 5.91 Å². The van der Waals surface area contributed by atoms with E-state index < -0.39 is 0 Å². The van der Waals surface area contributed by atoms with Crippen LogP contribution in [0.5, 0.6) is 11.5 Å². The quantitative estimate of drug-likeness (QED) is 0.669. The van der Waals surface area contributed by atoms with Gasteiger partial charge in [0, 0.05) is 24.3 Å². The van der Waals surface area contributed by atoms with Crippen molar-refractivity contribution in [3.05, 3.63) is 41.2 Å². The fourth-order valence-electron chi connectivity index (χ4n) is 2.92. The molecule has 0 fully saturated rings. The lowest BCUT2D eigenvalue weighted by Gasteiger charge is -2.15. The molecule has 1 heterocycles. The smallest absolute Gasteiger partial charge is 0.251 e. The Labute approximate surface area is 168 Å². The van der Waals surface area contributed by atoms with E-state index in [9.17, 15) is 4.79 Å². The second kappa shape index (κ2) is 10.2. The predicted octanol–water partition coefficient (Wildman–Crippen LogP) is 4.00. The van der Waals surface area contributed by atoms with Crippen molar-refractivity contribution in [1.29, 1.82) is 0 Å². The van der Waals surface area contributed by atoms with E-state index in [-0.39, 0.29) is 11.8 Å². The zero-order chi connectivity index (χ0) is 20.7. The number of nitrogens with zero attached hydrogens (tertiary/aromatic N) is 2. The van der Waals surface area contributed by atoms with Gasteiger partial charge in [0.25, 0.3) is 5.91 Å². The van der Waals surface area contributed by atoms with Gasteiger partial charge in [-0.3, -0.25) is 9.48 Å². The van der Waals surface area contributed by atoms with Gasteiger partial charge in [0.15, 0.2) is 11.5 Å². The monoisotopic (exact) mass is 387 g/mol. The van der Waals surface area contributed by atoms with E-state index in [1.807, 2.05) is 18.5 Å². The van der Waals surface area contributed by atoms with Gasteiger partial charge in [0.1, 0.15) is 0 Å². The highest BCUT2D eigenvalue weighted by atomic mass is 16.5. The van der Waals surface area contributed by atoms with E-state index in [2.05, 4.69) is 37.3 Å². The number of carbonyl (C=O) groups excluding carboxylic acids is 1. The molecule has 1 aromatic carbocycles. The average Bonchev–Trinajstić information content (AvgIpc) is 2.96. The van der Waals surface area contributed by atoms with E-state index in [1.54, 1.807) is 25.3 Å². The van der Waals surface area contributed by atoms with Crippen molar-refractivity contribution in [3.8, 4) is 11.5 Å². The highest BCUT2D eigenvalue weighted by molar-refractivity contribution is 5.94. The summed E-state index contributed by atoms with van der Waals surface area (Å²) in [4.78, 5) is 12.5. The number of aromatic nitrogens is 2. The van der Waals surface area contributed by atoms with Crippen LogP contribution in [0.2, 0.25) is 0 Å². The number of methoxy groups -OCH3 is 1. The van der Waals surface area contributed by atoms with E-state index in [0.29, 0.717) is 36.1 Å². The van der Waals surface area contributed by atoms with Crippen molar-refractivity contribution in [2.24, 2.45) is 11.8 Å². The van der Waals surface area contributed by atoms with Gasteiger partial charge in [-0.05, 0) is 56.4 Å². The van der Waals surface area contributed by atoms with Gasteiger partial charge in [0.2, 0.25) is 0 Å². The number of aryl methyl sites for hydroxylation is 2. The Morgan fingerprint density at radius 1 is 1.18 bits per heavy atom. The summed E-state index contributed by atoms with van der Waals surface area (Å²) < 4.78 is 13.2. The molecular weight excluding hydrogens is 354 g/mol. The largest absolute Gasteiger partial charge is 0.493 e. The van der Waals surface area contributed by atoms with Crippen LogP contribution >= 0.6 is 0 Å². The zero-order valence-corrected chi connectivity index (χ0v) is 17.9. The highest BCUT2D eigenvalue weighted by Gasteiger charge is 2.13. The van der Waals surface area contributed by atoms with Crippen LogP contribution in [0.25, 0.3) is 0 Å². The number of hydrogen-bond donors (Lipinski definition) is 1. The molecule has 0 saturated heterocycles. The van der Waals surface area contributed by atoms with Crippen molar-refractivity contribution in [2.45, 2.75) is 47.6 Å². The van der Waals surface area contributed by atoms with Crippen LogP contribution in [-0.2, 0) is 6.54 Å². The Kier molecular flexibility index (Phi) is 7.91. The number of nitrogens with one attached hydrogen (secondary N) is 1. The number of amides is 1. The van der Waals surface area contributed by atoms with Gasteiger partial charge in [-0.1, -0.05) is 20.8 Å². The second-order valence-electron chi connectivity index (χ2n) is 7.82. The zero-order valence-electron chi connectivity index (χ0n) is 17.9. The van der Waals surface area contributed by atoms with Gasteiger partial charge < -0.3 is 14.8 Å². The van der Waals surface area contributed by atoms with Crippen LogP contribution < -0.4 is 14.8 Å². The summed E-state index contributed by atoms with van der Waals surface area (Å²) in [6.45, 7) is 12.4. The third-order valence-corrected chi connectivity index (χ3v) is 4.58. The molecule has 0 bridgehead atoms. The standard InChI is InChI=1S/C22H33N3O3/c1-15(2)9-10-28-20-8-7-19(12-21(20)27-6)22(26)23-13-16(3)14-25-18(5)11-17(4)24-25/h7-8,11-12,15-16H,9-10,13-14H2,1-6H3,(H,23,26). The minimum Gasteiger partial charge on any atom is -0.493 e. The summed E-state index contributed by atoms with van der Waals surface area (Å²) in [5.41, 5.74) is 2.70. The molecular formula is C22H33N3O3. The Morgan fingerprint density at radius 2 is 1.93 bits per heavy atom. The fraction of sp³-hybridized carbons (Fsp3) is 0.545. The molecule has 0 aliphatic carbocycles. The predicted molar refractivity (Wildman–Crippen MR) is 111 cm³/mol. The Balaban J connectivity index is 1.91. The lowest BCUT2D eigenvalue weighted by atomic mass is 10.1. The normalized spacial score (nSPS) is 12.1. The van der Waals surface area contributed by atoms with E-state index in [4.69, 9.17) is 9.47 Å². The Morgan fingerprint density at radius 3 is 2.54 bits per heavy atom. The summed E-state index contributed by atoms with van der Waals surface area (Å²) in [6.07, 6.45) is 0.971. The molecule has 1 N–H and O–H groups in total. The number of ether oxygens (including phenoxy) is 2. The molecule has 0 saturated carbocycles. The maximum atomic E-state index is 12.5. The Bertz CT molecular complexity index is 783. The maximum Gasteiger partial charge on any atom is 0.251 e. The highest BCUT2D eigenvalue weighted by Crippen LogP contribution is 2.28. The van der Waals surface area contributed by atoms with Crippen LogP contribution in [0.4, 0.5) is 0 Å². The van der Waals surface area contributed by atoms with Crippen LogP contribution in [0.3, 0.4) is 0 Å². The summed E-state index contributed by atoms with van der Waals surface area (Å²) >= 11 is 0. The molecule has 1 amide bonds. The first-order valence-corrected chi connectivity index (χ1v) is 9.90. The third kappa shape index (κ3) is 6.29. The molecule has 0 aliphatic rings. The molecule has 6 heteroatoms. The van der Waals surface area contributed by atoms with Crippen LogP contribution in [0.15, 0.2) is 24.3 Å². The average molecular weight is 388 g/mol. The minimum atomic E-state index is -0.118. The number of hydrogen-bond acceptors (Lipinski definition) is 4. The molecule has 2 rings (SSSR count). The minimum absolute atomic E-state index is 0.118. The molecule has 0 radical (unpaired) electrons. The molecule has 154 valence electrons. The SMILES string of the molecule is COc1cc(C(=O)NCC(C)Cn2nc(C)cc2C)ccc1OCCC(C)C. The van der Waals surface area contributed by atoms with Crippen molar-refractivity contribution < 1.29 is 14.3 Å². The Hall–Kier alpha value is -2.50. The maximum absolute atomic E-state index is 12.5. The van der Waals surface area contributed by atoms with Crippen LogP contribution in [0, 0.1) is 25.7 Å². The van der Waals surface area contributed by atoms with Gasteiger partial charge in [-0.2, -0.15) is 5.10 Å². The van der Waals surface area contributed by atoms with Crippen molar-refractivity contribution in [1.82, 2.24) is 15.1 Å². The van der Waals surface area contributed by atoms with Crippen molar-refractivity contribution in [2.75, 3.05) is 20.3 Å². The lowest BCUT2D eigenvalue weighted by Crippen LogP contribution is -2.30. The van der Waals surface area contributed by atoms with Crippen LogP contribution in [0.1, 0.15) is 48.9 Å². The summed E-state index contributed by atoms with van der Waals surface area (Å²) in [6, 6.07) is 7.36. The first-order chi connectivity index (χ1) is 13.3. The van der Waals surface area contributed by atoms with E-state index >= 15 is 0 Å².